The summed E-state index contributed by atoms with van der Waals surface area (Å²) >= 11 is 1.74. The maximum Gasteiger partial charge on any atom is 0.191 e. The van der Waals surface area contributed by atoms with E-state index in [1.165, 1.54) is 10.4 Å². The number of benzene rings is 1. The van der Waals surface area contributed by atoms with Crippen LogP contribution in [0.15, 0.2) is 29.4 Å². The van der Waals surface area contributed by atoms with E-state index in [-0.39, 0.29) is 0 Å². The van der Waals surface area contributed by atoms with Crippen LogP contribution in [0.4, 0.5) is 0 Å². The lowest BCUT2D eigenvalue weighted by molar-refractivity contribution is 0.110. The summed E-state index contributed by atoms with van der Waals surface area (Å²) in [7, 11) is 0. The number of aromatic nitrogens is 1. The van der Waals surface area contributed by atoms with Gasteiger partial charge in [-0.25, -0.2) is 9.98 Å². The molecule has 0 unspecified atom stereocenters. The van der Waals surface area contributed by atoms with Crippen molar-refractivity contribution in [3.63, 3.8) is 0 Å². The second-order valence-corrected chi connectivity index (χ2v) is 7.48. The highest BCUT2D eigenvalue weighted by Gasteiger charge is 2.06. The smallest absolute Gasteiger partial charge is 0.191 e. The minimum Gasteiger partial charge on any atom is -0.491 e. The number of hydrogen-bond donors (Lipinski definition) is 2. The fourth-order valence-corrected chi connectivity index (χ4v) is 3.34. The normalized spacial score (nSPS) is 11.5. The Kier molecular flexibility index (Phi) is 9.79. The average molecular weight is 405 g/mol. The van der Waals surface area contributed by atoms with Gasteiger partial charge in [-0.2, -0.15) is 0 Å². The lowest BCUT2D eigenvalue weighted by Crippen LogP contribution is -2.36. The summed E-state index contributed by atoms with van der Waals surface area (Å²) in [5.74, 6) is 1.64. The molecular formula is C21H32N4O2S. The van der Waals surface area contributed by atoms with Gasteiger partial charge in [0, 0.05) is 29.8 Å². The molecule has 0 atom stereocenters. The minimum absolute atomic E-state index is 0.538. The third-order valence-electron chi connectivity index (χ3n) is 4.02. The van der Waals surface area contributed by atoms with Gasteiger partial charge in [-0.3, -0.25) is 0 Å². The number of rotatable bonds is 11. The summed E-state index contributed by atoms with van der Waals surface area (Å²) in [5, 5.41) is 7.72. The third-order valence-corrected chi connectivity index (χ3v) is 5.16. The van der Waals surface area contributed by atoms with Crippen molar-refractivity contribution in [1.29, 1.82) is 0 Å². The Morgan fingerprint density at radius 1 is 1.18 bits per heavy atom. The molecular weight excluding hydrogens is 372 g/mol. The molecule has 2 aromatic rings. The molecule has 0 bridgehead atoms. The molecule has 0 aliphatic rings. The topological polar surface area (TPSA) is 67.8 Å². The lowest BCUT2D eigenvalue weighted by atomic mass is 10.1. The molecule has 0 aliphatic heterocycles. The van der Waals surface area contributed by atoms with Crippen LogP contribution in [-0.4, -0.2) is 37.3 Å². The van der Waals surface area contributed by atoms with Gasteiger partial charge < -0.3 is 20.1 Å². The number of ether oxygens (including phenoxy) is 2. The number of guanidine groups is 1. The minimum atomic E-state index is 0.538. The Morgan fingerprint density at radius 2 is 2.04 bits per heavy atom. The fourth-order valence-electron chi connectivity index (χ4n) is 2.54. The van der Waals surface area contributed by atoms with Gasteiger partial charge in [0.15, 0.2) is 5.96 Å². The molecule has 0 saturated heterocycles. The standard InChI is InChI=1S/C21H32N4O2S/c1-5-18-14-23-20(28-18)15-25-21(22-6-2)24-13-17-9-8-16(4)12-19(17)27-11-10-26-7-3/h8-9,12,14H,5-7,10-11,13,15H2,1-4H3,(H2,22,24,25). The monoisotopic (exact) mass is 404 g/mol. The summed E-state index contributed by atoms with van der Waals surface area (Å²) in [6.07, 6.45) is 2.97. The molecule has 1 aromatic carbocycles. The van der Waals surface area contributed by atoms with E-state index in [1.54, 1.807) is 11.3 Å². The van der Waals surface area contributed by atoms with Gasteiger partial charge in [0.1, 0.15) is 17.4 Å². The molecule has 0 amide bonds. The van der Waals surface area contributed by atoms with E-state index in [1.807, 2.05) is 13.1 Å². The number of thiazole rings is 1. The molecule has 154 valence electrons. The van der Waals surface area contributed by atoms with Crippen LogP contribution in [0.2, 0.25) is 0 Å². The van der Waals surface area contributed by atoms with Crippen LogP contribution in [0.5, 0.6) is 5.75 Å². The summed E-state index contributed by atoms with van der Waals surface area (Å²) in [5.41, 5.74) is 2.22. The van der Waals surface area contributed by atoms with Gasteiger partial charge in [-0.1, -0.05) is 19.1 Å². The summed E-state index contributed by atoms with van der Waals surface area (Å²) in [6.45, 7) is 12.1. The van der Waals surface area contributed by atoms with E-state index >= 15 is 0 Å². The Hall–Kier alpha value is -2.12. The van der Waals surface area contributed by atoms with E-state index in [0.29, 0.717) is 32.9 Å². The molecule has 2 N–H and O–H groups in total. The van der Waals surface area contributed by atoms with E-state index < -0.39 is 0 Å². The molecule has 1 aromatic heterocycles. The van der Waals surface area contributed by atoms with Crippen LogP contribution >= 0.6 is 11.3 Å². The van der Waals surface area contributed by atoms with E-state index in [4.69, 9.17) is 14.5 Å². The van der Waals surface area contributed by atoms with Gasteiger partial charge in [0.25, 0.3) is 0 Å². The molecule has 2 rings (SSSR count). The molecule has 0 fully saturated rings. The first-order valence-electron chi connectivity index (χ1n) is 9.92. The van der Waals surface area contributed by atoms with Crippen molar-refractivity contribution in [1.82, 2.24) is 15.6 Å². The van der Waals surface area contributed by atoms with Gasteiger partial charge in [-0.15, -0.1) is 11.3 Å². The van der Waals surface area contributed by atoms with Gasteiger partial charge >= 0.3 is 0 Å². The third kappa shape index (κ3) is 7.48. The first-order chi connectivity index (χ1) is 13.7. The van der Waals surface area contributed by atoms with Crippen molar-refractivity contribution in [3.8, 4) is 5.75 Å². The first-order valence-corrected chi connectivity index (χ1v) is 10.7. The molecule has 0 saturated carbocycles. The Labute approximate surface area is 172 Å². The molecule has 0 radical (unpaired) electrons. The number of aliphatic imine (C=N–C) groups is 1. The fraction of sp³-hybridized carbons (Fsp3) is 0.524. The largest absolute Gasteiger partial charge is 0.491 e. The maximum atomic E-state index is 5.91. The summed E-state index contributed by atoms with van der Waals surface area (Å²) in [4.78, 5) is 10.5. The zero-order valence-corrected chi connectivity index (χ0v) is 18.2. The van der Waals surface area contributed by atoms with E-state index in [2.05, 4.69) is 54.6 Å². The van der Waals surface area contributed by atoms with Gasteiger partial charge in [0.2, 0.25) is 0 Å². The Bertz CT molecular complexity index is 746. The maximum absolute atomic E-state index is 5.91. The Balaban J connectivity index is 2.00. The highest BCUT2D eigenvalue weighted by Crippen LogP contribution is 2.21. The lowest BCUT2D eigenvalue weighted by Gasteiger charge is -2.13. The molecule has 7 heteroatoms. The van der Waals surface area contributed by atoms with Crippen molar-refractivity contribution in [2.75, 3.05) is 26.4 Å². The molecule has 28 heavy (non-hydrogen) atoms. The zero-order chi connectivity index (χ0) is 20.2. The predicted octanol–water partition coefficient (Wildman–Crippen LogP) is 3.68. The number of aryl methyl sites for hydroxylation is 2. The average Bonchev–Trinajstić information content (AvgIpc) is 3.16. The van der Waals surface area contributed by atoms with Crippen LogP contribution in [0.25, 0.3) is 0 Å². The Morgan fingerprint density at radius 3 is 2.75 bits per heavy atom. The molecule has 0 spiro atoms. The van der Waals surface area contributed by atoms with Gasteiger partial charge in [-0.05, 0) is 38.8 Å². The van der Waals surface area contributed by atoms with Crippen LogP contribution in [-0.2, 0) is 24.2 Å². The molecule has 6 nitrogen and oxygen atoms in total. The van der Waals surface area contributed by atoms with Crippen LogP contribution in [0, 0.1) is 6.92 Å². The second kappa shape index (κ2) is 12.4. The number of nitrogens with one attached hydrogen (secondary N) is 2. The van der Waals surface area contributed by atoms with Crippen LogP contribution < -0.4 is 15.4 Å². The van der Waals surface area contributed by atoms with Crippen molar-refractivity contribution < 1.29 is 9.47 Å². The molecule has 1 heterocycles. The van der Waals surface area contributed by atoms with Crippen molar-refractivity contribution in [2.24, 2.45) is 4.99 Å². The van der Waals surface area contributed by atoms with E-state index in [9.17, 15) is 0 Å². The van der Waals surface area contributed by atoms with Crippen molar-refractivity contribution in [3.05, 3.63) is 45.4 Å². The zero-order valence-electron chi connectivity index (χ0n) is 17.4. The first kappa shape index (κ1) is 22.2. The quantitative estimate of drug-likeness (QED) is 0.340. The van der Waals surface area contributed by atoms with Gasteiger partial charge in [0.05, 0.1) is 19.7 Å². The predicted molar refractivity (Wildman–Crippen MR) is 116 cm³/mol. The summed E-state index contributed by atoms with van der Waals surface area (Å²) in [6, 6.07) is 6.22. The summed E-state index contributed by atoms with van der Waals surface area (Å²) < 4.78 is 11.3. The number of nitrogens with zero attached hydrogens (tertiary/aromatic N) is 2. The van der Waals surface area contributed by atoms with E-state index in [0.717, 1.165) is 35.2 Å². The van der Waals surface area contributed by atoms with Crippen LogP contribution in [0.3, 0.4) is 0 Å². The highest BCUT2D eigenvalue weighted by atomic mass is 32.1. The van der Waals surface area contributed by atoms with Crippen molar-refractivity contribution >= 4 is 17.3 Å². The highest BCUT2D eigenvalue weighted by molar-refractivity contribution is 7.11. The second-order valence-electron chi connectivity index (χ2n) is 6.28. The number of hydrogen-bond acceptors (Lipinski definition) is 5. The van der Waals surface area contributed by atoms with Crippen LogP contribution in [0.1, 0.15) is 41.8 Å². The SMILES string of the molecule is CCNC(=NCc1ccc(C)cc1OCCOCC)NCc1ncc(CC)s1. The molecule has 0 aliphatic carbocycles. The van der Waals surface area contributed by atoms with Crippen molar-refractivity contribution in [2.45, 2.75) is 47.2 Å².